The molecule has 1 aromatic heterocycles. The molecule has 1 unspecified atom stereocenters. The monoisotopic (exact) mass is 459 g/mol. The summed E-state index contributed by atoms with van der Waals surface area (Å²) in [5.74, 6) is 0.230. The predicted octanol–water partition coefficient (Wildman–Crippen LogP) is 6.04. The molecular formula is C28H29NO5. The summed E-state index contributed by atoms with van der Waals surface area (Å²) in [5.41, 5.74) is 2.78. The van der Waals surface area contributed by atoms with E-state index in [-0.39, 0.29) is 17.3 Å². The average Bonchev–Trinajstić information content (AvgIpc) is 3.35. The lowest BCUT2D eigenvalue weighted by Crippen LogP contribution is -2.29. The van der Waals surface area contributed by atoms with Gasteiger partial charge in [0.05, 0.1) is 12.2 Å². The first kappa shape index (κ1) is 23.4. The maximum absolute atomic E-state index is 13.3. The van der Waals surface area contributed by atoms with Gasteiger partial charge >= 0.3 is 0 Å². The van der Waals surface area contributed by atoms with Crippen molar-refractivity contribution in [2.75, 3.05) is 11.5 Å². The fourth-order valence-corrected chi connectivity index (χ4v) is 4.37. The van der Waals surface area contributed by atoms with Gasteiger partial charge in [-0.2, -0.15) is 0 Å². The second-order valence-electron chi connectivity index (χ2n) is 8.74. The third-order valence-corrected chi connectivity index (χ3v) is 6.06. The Balaban J connectivity index is 1.93. The first-order chi connectivity index (χ1) is 16.2. The lowest BCUT2D eigenvalue weighted by Gasteiger charge is -2.25. The number of aliphatic hydroxyl groups is 1. The molecule has 1 aliphatic heterocycles. The predicted molar refractivity (Wildman–Crippen MR) is 131 cm³/mol. The molecule has 1 amide bonds. The van der Waals surface area contributed by atoms with E-state index in [4.69, 9.17) is 9.15 Å². The number of hydrogen-bond acceptors (Lipinski definition) is 5. The smallest absolute Gasteiger partial charge is 0.300 e. The first-order valence-electron chi connectivity index (χ1n) is 11.4. The molecule has 0 aliphatic carbocycles. The molecule has 1 aliphatic rings. The number of ether oxygens (including phenoxy) is 1. The maximum Gasteiger partial charge on any atom is 0.300 e. The number of hydrogen-bond donors (Lipinski definition) is 1. The van der Waals surface area contributed by atoms with Crippen LogP contribution in [0, 0.1) is 13.8 Å². The SMILES string of the molecule is CCOc1ccc(/C(O)=C2/C(=O)C(=O)N(c3ccccc3C)C2c2ccc(C)o2)cc1C(C)C. The van der Waals surface area contributed by atoms with Gasteiger partial charge in [-0.25, -0.2) is 0 Å². The molecule has 0 spiro atoms. The van der Waals surface area contributed by atoms with E-state index in [0.29, 0.717) is 29.4 Å². The zero-order valence-corrected chi connectivity index (χ0v) is 20.1. The number of para-hydroxylation sites is 1. The van der Waals surface area contributed by atoms with Crippen molar-refractivity contribution in [2.45, 2.75) is 46.6 Å². The van der Waals surface area contributed by atoms with Gasteiger partial charge in [-0.15, -0.1) is 0 Å². The van der Waals surface area contributed by atoms with Crippen molar-refractivity contribution in [1.82, 2.24) is 0 Å². The summed E-state index contributed by atoms with van der Waals surface area (Å²) in [6, 6.07) is 15.3. The lowest BCUT2D eigenvalue weighted by atomic mass is 9.95. The van der Waals surface area contributed by atoms with Gasteiger partial charge in [0.15, 0.2) is 0 Å². The fraction of sp³-hybridized carbons (Fsp3) is 0.286. The van der Waals surface area contributed by atoms with Crippen LogP contribution in [0.5, 0.6) is 5.75 Å². The Kier molecular flexibility index (Phi) is 6.33. The van der Waals surface area contributed by atoms with Crippen LogP contribution in [0.4, 0.5) is 5.69 Å². The summed E-state index contributed by atoms with van der Waals surface area (Å²) in [4.78, 5) is 28.0. The van der Waals surface area contributed by atoms with Crippen molar-refractivity contribution in [3.63, 3.8) is 0 Å². The second-order valence-corrected chi connectivity index (χ2v) is 8.74. The average molecular weight is 460 g/mol. The summed E-state index contributed by atoms with van der Waals surface area (Å²) in [6.07, 6.45) is 0. The number of aryl methyl sites for hydroxylation is 2. The van der Waals surface area contributed by atoms with Crippen molar-refractivity contribution in [3.05, 3.63) is 88.4 Å². The highest BCUT2D eigenvalue weighted by molar-refractivity contribution is 6.51. The number of aliphatic hydroxyl groups excluding tert-OH is 1. The maximum atomic E-state index is 13.3. The minimum absolute atomic E-state index is 0.00136. The van der Waals surface area contributed by atoms with Crippen LogP contribution in [-0.4, -0.2) is 23.4 Å². The molecule has 0 bridgehead atoms. The number of ketones is 1. The van der Waals surface area contributed by atoms with Gasteiger partial charge in [0.25, 0.3) is 11.7 Å². The molecule has 1 atom stereocenters. The molecule has 0 saturated carbocycles. The topological polar surface area (TPSA) is 80.0 Å². The van der Waals surface area contributed by atoms with E-state index in [1.807, 2.05) is 52.0 Å². The van der Waals surface area contributed by atoms with Crippen LogP contribution in [0.3, 0.4) is 0 Å². The Morgan fingerprint density at radius 2 is 1.82 bits per heavy atom. The van der Waals surface area contributed by atoms with Crippen LogP contribution in [0.1, 0.15) is 60.9 Å². The molecule has 1 fully saturated rings. The van der Waals surface area contributed by atoms with Gasteiger partial charge in [-0.05, 0) is 74.2 Å². The third kappa shape index (κ3) is 4.00. The molecule has 1 N–H and O–H groups in total. The van der Waals surface area contributed by atoms with Crippen molar-refractivity contribution in [1.29, 1.82) is 0 Å². The van der Waals surface area contributed by atoms with Gasteiger partial charge in [0.2, 0.25) is 0 Å². The minimum Gasteiger partial charge on any atom is -0.507 e. The summed E-state index contributed by atoms with van der Waals surface area (Å²) in [6.45, 7) is 10.2. The molecule has 3 aromatic rings. The van der Waals surface area contributed by atoms with E-state index in [0.717, 1.165) is 16.9 Å². The molecule has 176 valence electrons. The molecule has 4 rings (SSSR count). The zero-order valence-electron chi connectivity index (χ0n) is 20.1. The molecule has 1 saturated heterocycles. The first-order valence-corrected chi connectivity index (χ1v) is 11.4. The number of rotatable bonds is 6. The van der Waals surface area contributed by atoms with Gasteiger partial charge in [0.1, 0.15) is 29.1 Å². The standard InChI is InChI=1S/C28H29NO5/c1-6-33-22-14-12-19(15-20(22)16(2)3)26(30)24-25(23-13-11-18(5)34-23)29(28(32)27(24)31)21-10-8-7-9-17(21)4/h7-16,25,30H,6H2,1-5H3/b26-24-. The van der Waals surface area contributed by atoms with Crippen molar-refractivity contribution >= 4 is 23.1 Å². The Morgan fingerprint density at radius 1 is 1.09 bits per heavy atom. The number of anilines is 1. The van der Waals surface area contributed by atoms with E-state index >= 15 is 0 Å². The quantitative estimate of drug-likeness (QED) is 0.276. The van der Waals surface area contributed by atoms with E-state index in [9.17, 15) is 14.7 Å². The Bertz CT molecular complexity index is 1280. The van der Waals surface area contributed by atoms with E-state index in [1.54, 1.807) is 37.3 Å². The molecule has 6 nitrogen and oxygen atoms in total. The molecule has 0 radical (unpaired) electrons. The van der Waals surface area contributed by atoms with E-state index < -0.39 is 17.7 Å². The summed E-state index contributed by atoms with van der Waals surface area (Å²) >= 11 is 0. The summed E-state index contributed by atoms with van der Waals surface area (Å²) in [7, 11) is 0. The number of Topliss-reactive ketones (excluding diaryl/α,β-unsaturated/α-hetero) is 1. The fourth-order valence-electron chi connectivity index (χ4n) is 4.37. The van der Waals surface area contributed by atoms with Crippen LogP contribution in [0.25, 0.3) is 5.76 Å². The molecule has 2 aromatic carbocycles. The van der Waals surface area contributed by atoms with Crippen molar-refractivity contribution in [3.8, 4) is 5.75 Å². The number of carbonyl (C=O) groups excluding carboxylic acids is 2. The second kappa shape index (κ2) is 9.21. The number of carbonyl (C=O) groups is 2. The van der Waals surface area contributed by atoms with Crippen LogP contribution in [0.2, 0.25) is 0 Å². The minimum atomic E-state index is -0.885. The van der Waals surface area contributed by atoms with E-state index in [1.165, 1.54) is 4.90 Å². The van der Waals surface area contributed by atoms with Crippen LogP contribution in [0.15, 0.2) is 64.6 Å². The highest BCUT2D eigenvalue weighted by Gasteiger charge is 2.48. The normalized spacial score (nSPS) is 17.6. The van der Waals surface area contributed by atoms with Crippen molar-refractivity contribution < 1.29 is 23.8 Å². The summed E-state index contributed by atoms with van der Waals surface area (Å²) < 4.78 is 11.6. The van der Waals surface area contributed by atoms with Crippen molar-refractivity contribution in [2.24, 2.45) is 0 Å². The van der Waals surface area contributed by atoms with Gasteiger partial charge in [0, 0.05) is 11.3 Å². The summed E-state index contributed by atoms with van der Waals surface area (Å²) in [5, 5.41) is 11.4. The van der Waals surface area contributed by atoms with Crippen LogP contribution in [-0.2, 0) is 9.59 Å². The zero-order chi connectivity index (χ0) is 24.6. The molecule has 2 heterocycles. The highest BCUT2D eigenvalue weighted by Crippen LogP contribution is 2.44. The van der Waals surface area contributed by atoms with Crippen LogP contribution < -0.4 is 9.64 Å². The third-order valence-electron chi connectivity index (χ3n) is 6.06. The van der Waals surface area contributed by atoms with Crippen LogP contribution >= 0.6 is 0 Å². The molecule has 34 heavy (non-hydrogen) atoms. The lowest BCUT2D eigenvalue weighted by molar-refractivity contribution is -0.132. The number of nitrogens with zero attached hydrogens (tertiary/aromatic N) is 1. The molecular weight excluding hydrogens is 430 g/mol. The van der Waals surface area contributed by atoms with Gasteiger partial charge in [-0.1, -0.05) is 32.0 Å². The largest absolute Gasteiger partial charge is 0.507 e. The Morgan fingerprint density at radius 3 is 2.44 bits per heavy atom. The molecule has 6 heteroatoms. The number of furan rings is 1. The Labute approximate surface area is 199 Å². The van der Waals surface area contributed by atoms with Gasteiger partial charge in [-0.3, -0.25) is 14.5 Å². The highest BCUT2D eigenvalue weighted by atomic mass is 16.5. The van der Waals surface area contributed by atoms with E-state index in [2.05, 4.69) is 0 Å². The Hall–Kier alpha value is -3.80. The number of benzene rings is 2. The van der Waals surface area contributed by atoms with Gasteiger partial charge < -0.3 is 14.3 Å². The number of amides is 1.